The zero-order valence-corrected chi connectivity index (χ0v) is 13.0. The molecule has 0 amide bonds. The summed E-state index contributed by atoms with van der Waals surface area (Å²) in [5.41, 5.74) is 2.36. The van der Waals surface area contributed by atoms with Gasteiger partial charge in [0, 0.05) is 4.47 Å². The van der Waals surface area contributed by atoms with Crippen molar-refractivity contribution in [3.05, 3.63) is 58.1 Å². The minimum absolute atomic E-state index is 0.270. The zero-order valence-electron chi connectivity index (χ0n) is 10.6. The molecule has 0 aliphatic carbocycles. The molecule has 19 heavy (non-hydrogen) atoms. The molecule has 2 aromatic carbocycles. The van der Waals surface area contributed by atoms with E-state index in [2.05, 4.69) is 20.7 Å². The van der Waals surface area contributed by atoms with Crippen molar-refractivity contribution in [3.8, 4) is 0 Å². The maximum Gasteiger partial charge on any atom is 0.261 e. The van der Waals surface area contributed by atoms with Gasteiger partial charge in [-0.3, -0.25) is 4.72 Å². The molecule has 0 bridgehead atoms. The van der Waals surface area contributed by atoms with Crippen LogP contribution in [0.1, 0.15) is 11.1 Å². The fourth-order valence-corrected chi connectivity index (χ4v) is 3.28. The van der Waals surface area contributed by atoms with Gasteiger partial charge in [-0.25, -0.2) is 8.42 Å². The highest BCUT2D eigenvalue weighted by atomic mass is 79.9. The Hall–Kier alpha value is -1.33. The highest BCUT2D eigenvalue weighted by Crippen LogP contribution is 2.23. The van der Waals surface area contributed by atoms with Crippen LogP contribution in [0.15, 0.2) is 51.8 Å². The highest BCUT2D eigenvalue weighted by Gasteiger charge is 2.15. The van der Waals surface area contributed by atoms with Crippen molar-refractivity contribution in [3.63, 3.8) is 0 Å². The van der Waals surface area contributed by atoms with Gasteiger partial charge in [-0.05, 0) is 49.2 Å². The van der Waals surface area contributed by atoms with Crippen LogP contribution in [0.5, 0.6) is 0 Å². The predicted octanol–water partition coefficient (Wildman–Crippen LogP) is 3.87. The molecule has 0 radical (unpaired) electrons. The predicted molar refractivity (Wildman–Crippen MR) is 80.9 cm³/mol. The number of aryl methyl sites for hydroxylation is 2. The molecule has 0 unspecified atom stereocenters. The molecule has 0 heterocycles. The van der Waals surface area contributed by atoms with E-state index >= 15 is 0 Å². The second-order valence-corrected chi connectivity index (χ2v) is 6.98. The lowest BCUT2D eigenvalue weighted by molar-refractivity contribution is 0.601. The number of benzene rings is 2. The highest BCUT2D eigenvalue weighted by molar-refractivity contribution is 9.10. The Bertz CT molecular complexity index is 711. The first-order valence-electron chi connectivity index (χ1n) is 5.74. The largest absolute Gasteiger partial charge is 0.279 e. The average Bonchev–Trinajstić information content (AvgIpc) is 2.33. The first-order valence-corrected chi connectivity index (χ1v) is 8.02. The maximum absolute atomic E-state index is 12.3. The summed E-state index contributed by atoms with van der Waals surface area (Å²) >= 11 is 3.34. The molecule has 0 saturated heterocycles. The molecular formula is C14H14BrNO2S. The van der Waals surface area contributed by atoms with Gasteiger partial charge in [0.05, 0.1) is 10.6 Å². The number of anilines is 1. The van der Waals surface area contributed by atoms with Crippen molar-refractivity contribution in [1.29, 1.82) is 0 Å². The van der Waals surface area contributed by atoms with Crippen molar-refractivity contribution in [2.75, 3.05) is 4.72 Å². The molecule has 0 atom stereocenters. The molecule has 2 aromatic rings. The summed E-state index contributed by atoms with van der Waals surface area (Å²) in [6.07, 6.45) is 0. The van der Waals surface area contributed by atoms with E-state index in [0.29, 0.717) is 5.69 Å². The Morgan fingerprint density at radius 2 is 1.79 bits per heavy atom. The average molecular weight is 340 g/mol. The first kappa shape index (κ1) is 14.1. The molecule has 1 N–H and O–H groups in total. The number of sulfonamides is 1. The van der Waals surface area contributed by atoms with Gasteiger partial charge >= 0.3 is 0 Å². The lowest BCUT2D eigenvalue weighted by atomic mass is 10.2. The van der Waals surface area contributed by atoms with E-state index in [4.69, 9.17) is 0 Å². The van der Waals surface area contributed by atoms with Crippen LogP contribution in [0.4, 0.5) is 5.69 Å². The fraction of sp³-hybridized carbons (Fsp3) is 0.143. The maximum atomic E-state index is 12.3. The molecule has 0 spiro atoms. The monoisotopic (exact) mass is 339 g/mol. The summed E-state index contributed by atoms with van der Waals surface area (Å²) < 4.78 is 28.0. The van der Waals surface area contributed by atoms with Crippen LogP contribution in [0, 0.1) is 13.8 Å². The van der Waals surface area contributed by atoms with Gasteiger partial charge in [-0.2, -0.15) is 0 Å². The van der Waals surface area contributed by atoms with Crippen LogP contribution >= 0.6 is 15.9 Å². The third-order valence-corrected chi connectivity index (χ3v) is 4.60. The van der Waals surface area contributed by atoms with Crippen molar-refractivity contribution >= 4 is 31.6 Å². The normalized spacial score (nSPS) is 11.3. The Morgan fingerprint density at radius 1 is 1.05 bits per heavy atom. The fourth-order valence-electron chi connectivity index (χ4n) is 1.69. The summed E-state index contributed by atoms with van der Waals surface area (Å²) in [5, 5.41) is 0. The SMILES string of the molecule is Cc1cccc(S(=O)(=O)Nc2cc(Br)ccc2C)c1. The van der Waals surface area contributed by atoms with Crippen molar-refractivity contribution in [2.24, 2.45) is 0 Å². The van der Waals surface area contributed by atoms with Crippen LogP contribution in [0.25, 0.3) is 0 Å². The van der Waals surface area contributed by atoms with Crippen LogP contribution in [0.2, 0.25) is 0 Å². The standard InChI is InChI=1S/C14H14BrNO2S/c1-10-4-3-5-13(8-10)19(17,18)16-14-9-12(15)7-6-11(14)2/h3-9,16H,1-2H3. The van der Waals surface area contributed by atoms with Gasteiger partial charge in [0.2, 0.25) is 0 Å². The van der Waals surface area contributed by atoms with Gasteiger partial charge in [-0.15, -0.1) is 0 Å². The van der Waals surface area contributed by atoms with Gasteiger partial charge in [-0.1, -0.05) is 34.1 Å². The second-order valence-electron chi connectivity index (χ2n) is 4.38. The number of rotatable bonds is 3. The molecule has 100 valence electrons. The molecule has 0 aliphatic heterocycles. The van der Waals surface area contributed by atoms with E-state index in [1.165, 1.54) is 0 Å². The Labute approximate surface area is 121 Å². The summed E-state index contributed by atoms with van der Waals surface area (Å²) in [5.74, 6) is 0. The zero-order chi connectivity index (χ0) is 14.0. The first-order chi connectivity index (χ1) is 8.88. The van der Waals surface area contributed by atoms with Gasteiger partial charge in [0.25, 0.3) is 10.0 Å². The van der Waals surface area contributed by atoms with E-state index in [1.54, 1.807) is 24.3 Å². The van der Waals surface area contributed by atoms with Gasteiger partial charge < -0.3 is 0 Å². The van der Waals surface area contributed by atoms with Crippen LogP contribution < -0.4 is 4.72 Å². The minimum atomic E-state index is -3.55. The lowest BCUT2D eigenvalue weighted by Gasteiger charge is -2.11. The quantitative estimate of drug-likeness (QED) is 0.922. The number of nitrogens with one attached hydrogen (secondary N) is 1. The molecule has 0 aromatic heterocycles. The summed E-state index contributed by atoms with van der Waals surface area (Å²) in [6, 6.07) is 12.3. The van der Waals surface area contributed by atoms with Crippen LogP contribution in [-0.2, 0) is 10.0 Å². The van der Waals surface area contributed by atoms with E-state index in [9.17, 15) is 8.42 Å². The smallest absolute Gasteiger partial charge is 0.261 e. The summed E-state index contributed by atoms with van der Waals surface area (Å²) in [6.45, 7) is 3.73. The number of hydrogen-bond acceptors (Lipinski definition) is 2. The second kappa shape index (κ2) is 5.35. The summed E-state index contributed by atoms with van der Waals surface area (Å²) in [7, 11) is -3.55. The van der Waals surface area contributed by atoms with Gasteiger partial charge in [0.1, 0.15) is 0 Å². The number of halogens is 1. The summed E-state index contributed by atoms with van der Waals surface area (Å²) in [4.78, 5) is 0.270. The van der Waals surface area contributed by atoms with Crippen LogP contribution in [-0.4, -0.2) is 8.42 Å². The van der Waals surface area contributed by atoms with Crippen molar-refractivity contribution in [2.45, 2.75) is 18.7 Å². The third-order valence-electron chi connectivity index (χ3n) is 2.74. The molecular weight excluding hydrogens is 326 g/mol. The lowest BCUT2D eigenvalue weighted by Crippen LogP contribution is -2.13. The Kier molecular flexibility index (Phi) is 3.96. The van der Waals surface area contributed by atoms with E-state index in [-0.39, 0.29) is 4.90 Å². The van der Waals surface area contributed by atoms with Crippen molar-refractivity contribution in [1.82, 2.24) is 0 Å². The molecule has 2 rings (SSSR count). The Morgan fingerprint density at radius 3 is 2.47 bits per heavy atom. The molecule has 5 heteroatoms. The minimum Gasteiger partial charge on any atom is -0.279 e. The number of hydrogen-bond donors (Lipinski definition) is 1. The third kappa shape index (κ3) is 3.36. The van der Waals surface area contributed by atoms with Crippen molar-refractivity contribution < 1.29 is 8.42 Å². The van der Waals surface area contributed by atoms with E-state index in [1.807, 2.05) is 32.0 Å². The van der Waals surface area contributed by atoms with E-state index < -0.39 is 10.0 Å². The van der Waals surface area contributed by atoms with Crippen LogP contribution in [0.3, 0.4) is 0 Å². The molecule has 0 fully saturated rings. The van der Waals surface area contributed by atoms with Gasteiger partial charge in [0.15, 0.2) is 0 Å². The Balaban J connectivity index is 2.39. The molecule has 0 saturated carbocycles. The van der Waals surface area contributed by atoms with E-state index in [0.717, 1.165) is 15.6 Å². The molecule has 0 aliphatic rings. The topological polar surface area (TPSA) is 46.2 Å². The molecule has 3 nitrogen and oxygen atoms in total.